The van der Waals surface area contributed by atoms with Gasteiger partial charge in [0.05, 0.1) is 23.6 Å². The predicted octanol–water partition coefficient (Wildman–Crippen LogP) is 2.26. The van der Waals surface area contributed by atoms with E-state index in [1.807, 2.05) is 22.9 Å². The third kappa shape index (κ3) is 3.10. The third-order valence-corrected chi connectivity index (χ3v) is 2.94. The number of hydrogen-bond donors (Lipinski definition) is 1. The summed E-state index contributed by atoms with van der Waals surface area (Å²) in [6.45, 7) is 2.25. The van der Waals surface area contributed by atoms with E-state index in [1.165, 1.54) is 0 Å². The molecule has 1 aromatic carbocycles. The van der Waals surface area contributed by atoms with Crippen molar-refractivity contribution >= 4 is 11.6 Å². The molecule has 2 rings (SSSR count). The lowest BCUT2D eigenvalue weighted by molar-refractivity contribution is 0.199. The highest BCUT2D eigenvalue weighted by Crippen LogP contribution is 2.24. The van der Waals surface area contributed by atoms with Crippen LogP contribution in [0.1, 0.15) is 5.56 Å². The minimum Gasteiger partial charge on any atom is -0.383 e. The quantitative estimate of drug-likeness (QED) is 0.815. The van der Waals surface area contributed by atoms with E-state index in [1.54, 1.807) is 19.6 Å². The summed E-state index contributed by atoms with van der Waals surface area (Å²) in [5.74, 6) is 0. The van der Waals surface area contributed by atoms with Crippen molar-refractivity contribution in [2.24, 2.45) is 0 Å². The number of benzene rings is 1. The fourth-order valence-corrected chi connectivity index (χ4v) is 2.07. The zero-order chi connectivity index (χ0) is 12.8. The number of nitrogens with zero attached hydrogens (tertiary/aromatic N) is 2. The molecule has 0 amide bonds. The maximum atomic E-state index is 6.26. The molecule has 1 aromatic heterocycles. The van der Waals surface area contributed by atoms with Gasteiger partial charge in [-0.1, -0.05) is 23.7 Å². The molecule has 2 aromatic rings. The summed E-state index contributed by atoms with van der Waals surface area (Å²) >= 11 is 6.26. The predicted molar refractivity (Wildman–Crippen MR) is 72.2 cm³/mol. The van der Waals surface area contributed by atoms with Crippen LogP contribution >= 0.6 is 11.6 Å². The molecular weight excluding hydrogens is 250 g/mol. The number of para-hydroxylation sites is 1. The Morgan fingerprint density at radius 1 is 1.44 bits per heavy atom. The van der Waals surface area contributed by atoms with Gasteiger partial charge >= 0.3 is 0 Å². The van der Waals surface area contributed by atoms with Gasteiger partial charge in [-0.25, -0.2) is 4.98 Å². The summed E-state index contributed by atoms with van der Waals surface area (Å²) in [5.41, 5.74) is 2.11. The van der Waals surface area contributed by atoms with Gasteiger partial charge in [0.2, 0.25) is 0 Å². The fraction of sp³-hybridized carbons (Fsp3) is 0.308. The number of aromatic nitrogens is 2. The van der Waals surface area contributed by atoms with Gasteiger partial charge in [-0.3, -0.25) is 0 Å². The van der Waals surface area contributed by atoms with Gasteiger partial charge in [-0.15, -0.1) is 0 Å². The standard InChI is InChI=1S/C13H16ClN3O/c1-18-8-6-15-9-11-3-2-4-12(14)13(11)17-7-5-16-10-17/h2-5,7,10,15H,6,8-9H2,1H3. The maximum Gasteiger partial charge on any atom is 0.0992 e. The van der Waals surface area contributed by atoms with Crippen molar-refractivity contribution < 1.29 is 4.74 Å². The molecule has 0 aliphatic carbocycles. The largest absolute Gasteiger partial charge is 0.383 e. The van der Waals surface area contributed by atoms with Gasteiger partial charge in [0, 0.05) is 32.6 Å². The summed E-state index contributed by atoms with van der Waals surface area (Å²) in [4.78, 5) is 4.05. The Bertz CT molecular complexity index is 485. The first-order chi connectivity index (χ1) is 8.83. The van der Waals surface area contributed by atoms with Gasteiger partial charge in [0.25, 0.3) is 0 Å². The van der Waals surface area contributed by atoms with Gasteiger partial charge < -0.3 is 14.6 Å². The molecule has 0 saturated carbocycles. The molecule has 0 bridgehead atoms. The van der Waals surface area contributed by atoms with Gasteiger partial charge in [-0.2, -0.15) is 0 Å². The van der Waals surface area contributed by atoms with Crippen molar-refractivity contribution in [3.05, 3.63) is 47.5 Å². The average Bonchev–Trinajstić information content (AvgIpc) is 2.88. The lowest BCUT2D eigenvalue weighted by Gasteiger charge is -2.12. The Hall–Kier alpha value is -1.36. The number of hydrogen-bond acceptors (Lipinski definition) is 3. The van der Waals surface area contributed by atoms with Crippen LogP contribution in [-0.4, -0.2) is 29.8 Å². The summed E-state index contributed by atoms with van der Waals surface area (Å²) < 4.78 is 6.93. The first kappa shape index (κ1) is 13.1. The minimum absolute atomic E-state index is 0.695. The minimum atomic E-state index is 0.695. The first-order valence-corrected chi connectivity index (χ1v) is 6.16. The molecular formula is C13H16ClN3O. The molecule has 0 fully saturated rings. The molecule has 1 N–H and O–H groups in total. The van der Waals surface area contributed by atoms with Gasteiger partial charge in [0.15, 0.2) is 0 Å². The van der Waals surface area contributed by atoms with Crippen LogP contribution in [0.3, 0.4) is 0 Å². The molecule has 0 aliphatic heterocycles. The van der Waals surface area contributed by atoms with Crippen LogP contribution in [0, 0.1) is 0 Å². The van der Waals surface area contributed by atoms with E-state index in [2.05, 4.69) is 16.4 Å². The number of nitrogens with one attached hydrogen (secondary N) is 1. The molecule has 5 heteroatoms. The lowest BCUT2D eigenvalue weighted by atomic mass is 10.1. The zero-order valence-corrected chi connectivity index (χ0v) is 11.0. The van der Waals surface area contributed by atoms with E-state index in [-0.39, 0.29) is 0 Å². The average molecular weight is 266 g/mol. The van der Waals surface area contributed by atoms with Crippen molar-refractivity contribution in [1.82, 2.24) is 14.9 Å². The number of halogens is 1. The molecule has 4 nitrogen and oxygen atoms in total. The first-order valence-electron chi connectivity index (χ1n) is 5.78. The Morgan fingerprint density at radius 2 is 2.33 bits per heavy atom. The Labute approximate surface area is 112 Å². The van der Waals surface area contributed by atoms with E-state index in [0.29, 0.717) is 6.61 Å². The van der Waals surface area contributed by atoms with E-state index < -0.39 is 0 Å². The SMILES string of the molecule is COCCNCc1cccc(Cl)c1-n1ccnc1. The van der Waals surface area contributed by atoms with Crippen LogP contribution in [0.4, 0.5) is 0 Å². The third-order valence-electron chi connectivity index (χ3n) is 2.63. The highest BCUT2D eigenvalue weighted by atomic mass is 35.5. The van der Waals surface area contributed by atoms with Crippen LogP contribution in [0.5, 0.6) is 0 Å². The second-order valence-electron chi connectivity index (χ2n) is 3.89. The van der Waals surface area contributed by atoms with Crippen molar-refractivity contribution in [2.75, 3.05) is 20.3 Å². The van der Waals surface area contributed by atoms with Crippen molar-refractivity contribution in [1.29, 1.82) is 0 Å². The van der Waals surface area contributed by atoms with Crippen molar-refractivity contribution in [2.45, 2.75) is 6.54 Å². The molecule has 96 valence electrons. The highest BCUT2D eigenvalue weighted by Gasteiger charge is 2.08. The summed E-state index contributed by atoms with van der Waals surface area (Å²) in [7, 11) is 1.69. The van der Waals surface area contributed by atoms with E-state index >= 15 is 0 Å². The maximum absolute atomic E-state index is 6.26. The van der Waals surface area contributed by atoms with Crippen molar-refractivity contribution in [3.8, 4) is 5.69 Å². The summed E-state index contributed by atoms with van der Waals surface area (Å²) in [6, 6.07) is 5.90. The van der Waals surface area contributed by atoms with E-state index in [4.69, 9.17) is 16.3 Å². The Kier molecular flexibility index (Phi) is 4.75. The number of methoxy groups -OCH3 is 1. The van der Waals surface area contributed by atoms with Crippen LogP contribution in [0.25, 0.3) is 5.69 Å². The van der Waals surface area contributed by atoms with Crippen LogP contribution in [0.2, 0.25) is 5.02 Å². The molecule has 0 unspecified atom stereocenters. The summed E-state index contributed by atoms with van der Waals surface area (Å²) in [5, 5.41) is 4.04. The normalized spacial score (nSPS) is 10.8. The fourth-order valence-electron chi connectivity index (χ4n) is 1.78. The van der Waals surface area contributed by atoms with Crippen molar-refractivity contribution in [3.63, 3.8) is 0 Å². The second kappa shape index (κ2) is 6.54. The zero-order valence-electron chi connectivity index (χ0n) is 10.3. The Balaban J connectivity index is 2.17. The topological polar surface area (TPSA) is 39.1 Å². The molecule has 0 atom stereocenters. The van der Waals surface area contributed by atoms with Gasteiger partial charge in [-0.05, 0) is 11.6 Å². The van der Waals surface area contributed by atoms with E-state index in [0.717, 1.165) is 29.4 Å². The monoisotopic (exact) mass is 265 g/mol. The highest BCUT2D eigenvalue weighted by molar-refractivity contribution is 6.32. The lowest BCUT2D eigenvalue weighted by Crippen LogP contribution is -2.19. The molecule has 0 spiro atoms. The smallest absolute Gasteiger partial charge is 0.0992 e. The number of rotatable bonds is 6. The molecule has 0 aliphatic rings. The molecule has 18 heavy (non-hydrogen) atoms. The van der Waals surface area contributed by atoms with E-state index in [9.17, 15) is 0 Å². The number of ether oxygens (including phenoxy) is 1. The summed E-state index contributed by atoms with van der Waals surface area (Å²) in [6.07, 6.45) is 5.38. The van der Waals surface area contributed by atoms with Crippen LogP contribution in [0.15, 0.2) is 36.9 Å². The van der Waals surface area contributed by atoms with Crippen LogP contribution < -0.4 is 5.32 Å². The van der Waals surface area contributed by atoms with Gasteiger partial charge in [0.1, 0.15) is 0 Å². The Morgan fingerprint density at radius 3 is 3.06 bits per heavy atom. The molecule has 0 radical (unpaired) electrons. The second-order valence-corrected chi connectivity index (χ2v) is 4.29. The molecule has 0 saturated heterocycles. The van der Waals surface area contributed by atoms with Crippen LogP contribution in [-0.2, 0) is 11.3 Å². The number of imidazole rings is 1. The molecule has 1 heterocycles.